The largest absolute Gasteiger partial charge is 0.395 e. The van der Waals surface area contributed by atoms with Gasteiger partial charge < -0.3 is 10.4 Å². The number of rotatable bonds is 4. The summed E-state index contributed by atoms with van der Waals surface area (Å²) in [5.74, 6) is -0.227. The molecule has 1 aromatic heterocycles. The van der Waals surface area contributed by atoms with Crippen molar-refractivity contribution in [3.05, 3.63) is 74.9 Å². The number of carbonyl (C=O) groups is 1. The lowest BCUT2D eigenvalue weighted by atomic mass is 10.1. The van der Waals surface area contributed by atoms with Crippen LogP contribution in [-0.4, -0.2) is 29.9 Å². The second-order valence-electron chi connectivity index (χ2n) is 5.82. The molecule has 0 atom stereocenters. The average molecular weight is 415 g/mol. The number of nitrogens with one attached hydrogen (secondary N) is 1. The van der Waals surface area contributed by atoms with Crippen LogP contribution < -0.4 is 5.32 Å². The van der Waals surface area contributed by atoms with Crippen LogP contribution in [-0.2, 0) is 0 Å². The van der Waals surface area contributed by atoms with E-state index in [-0.39, 0.29) is 19.1 Å². The maximum absolute atomic E-state index is 12.3. The van der Waals surface area contributed by atoms with Gasteiger partial charge >= 0.3 is 0 Å². The number of benzene rings is 2. The molecule has 2 aromatic carbocycles. The van der Waals surface area contributed by atoms with Crippen LogP contribution in [0.15, 0.2) is 69.4 Å². The molecule has 1 aliphatic rings. The van der Waals surface area contributed by atoms with Crippen LogP contribution in [0.1, 0.15) is 20.8 Å². The maximum Gasteiger partial charge on any atom is 0.251 e. The van der Waals surface area contributed by atoms with Gasteiger partial charge in [0, 0.05) is 27.5 Å². The van der Waals surface area contributed by atoms with Crippen molar-refractivity contribution in [3.63, 3.8) is 0 Å². The molecule has 0 saturated carbocycles. The van der Waals surface area contributed by atoms with Crippen LogP contribution in [0, 0.1) is 0 Å². The van der Waals surface area contributed by atoms with Crippen molar-refractivity contribution >= 4 is 52.0 Å². The van der Waals surface area contributed by atoms with Gasteiger partial charge in [0.15, 0.2) is 0 Å². The number of aliphatic hydroxyl groups excluding tert-OH is 1. The number of nitrogens with zero attached hydrogens (tertiary/aromatic N) is 1. The number of aliphatic imine (C=N–C) groups is 1. The van der Waals surface area contributed by atoms with Gasteiger partial charge in [0.2, 0.25) is 0 Å². The van der Waals surface area contributed by atoms with E-state index in [2.05, 4.69) is 17.4 Å². The molecule has 0 spiro atoms. The fourth-order valence-electron chi connectivity index (χ4n) is 2.78. The number of fused-ring (bicyclic) bond motifs is 2. The Morgan fingerprint density at radius 1 is 1.11 bits per heavy atom. The third-order valence-electron chi connectivity index (χ3n) is 4.02. The Labute approximate surface area is 169 Å². The van der Waals surface area contributed by atoms with E-state index in [1.807, 2.05) is 30.3 Å². The highest BCUT2D eigenvalue weighted by Crippen LogP contribution is 2.42. The smallest absolute Gasteiger partial charge is 0.251 e. The van der Waals surface area contributed by atoms with Gasteiger partial charge in [0.05, 0.1) is 27.2 Å². The highest BCUT2D eigenvalue weighted by Gasteiger charge is 2.20. The number of hydrogen-bond donors (Lipinski definition) is 2. The summed E-state index contributed by atoms with van der Waals surface area (Å²) in [6, 6.07) is 17.4. The van der Waals surface area contributed by atoms with Crippen LogP contribution >= 0.6 is 34.7 Å². The topological polar surface area (TPSA) is 61.7 Å². The Bertz CT molecular complexity index is 1050. The van der Waals surface area contributed by atoms with Gasteiger partial charge in [0.1, 0.15) is 0 Å². The molecular formula is C20H15ClN2O2S2. The summed E-state index contributed by atoms with van der Waals surface area (Å²) in [7, 11) is 0. The van der Waals surface area contributed by atoms with Gasteiger partial charge in [-0.2, -0.15) is 0 Å². The van der Waals surface area contributed by atoms with Gasteiger partial charge in [-0.25, -0.2) is 4.99 Å². The minimum absolute atomic E-state index is 0.0940. The van der Waals surface area contributed by atoms with Crippen molar-refractivity contribution < 1.29 is 9.90 Å². The molecule has 27 heavy (non-hydrogen) atoms. The van der Waals surface area contributed by atoms with Crippen molar-refractivity contribution in [3.8, 4) is 0 Å². The number of aliphatic hydroxyl groups is 1. The summed E-state index contributed by atoms with van der Waals surface area (Å²) in [6.45, 7) is 0.127. The van der Waals surface area contributed by atoms with Crippen molar-refractivity contribution in [1.82, 2.24) is 5.32 Å². The summed E-state index contributed by atoms with van der Waals surface area (Å²) in [5, 5.41) is 11.6. The molecule has 0 saturated heterocycles. The van der Waals surface area contributed by atoms with Gasteiger partial charge in [-0.3, -0.25) is 4.79 Å². The quantitative estimate of drug-likeness (QED) is 0.506. The van der Waals surface area contributed by atoms with Gasteiger partial charge in [0.25, 0.3) is 5.91 Å². The van der Waals surface area contributed by atoms with Crippen molar-refractivity contribution in [2.75, 3.05) is 13.2 Å². The van der Waals surface area contributed by atoms with Crippen LogP contribution in [0.25, 0.3) is 0 Å². The standard InChI is InChI=1S/C20H15ClN2O2S2/c21-18-8-7-17(27-18)19-13-3-1-2-4-15(13)26-16-6-5-12(11-14(16)23-19)20(25)22-9-10-24/h1-8,11,24H,9-10H2,(H,22,25). The lowest BCUT2D eigenvalue weighted by molar-refractivity contribution is 0.0944. The van der Waals surface area contributed by atoms with Crippen molar-refractivity contribution in [1.29, 1.82) is 0 Å². The predicted octanol–water partition coefficient (Wildman–Crippen LogP) is 4.76. The average Bonchev–Trinajstić information content (AvgIpc) is 3.04. The van der Waals surface area contributed by atoms with Crippen LogP contribution in [0.4, 0.5) is 5.69 Å². The molecule has 7 heteroatoms. The lowest BCUT2D eigenvalue weighted by Gasteiger charge is -2.07. The highest BCUT2D eigenvalue weighted by molar-refractivity contribution is 7.99. The zero-order valence-corrected chi connectivity index (χ0v) is 16.5. The summed E-state index contributed by atoms with van der Waals surface area (Å²) in [4.78, 5) is 20.2. The number of thiophene rings is 1. The van der Waals surface area contributed by atoms with Gasteiger partial charge in [-0.05, 0) is 36.4 Å². The summed E-state index contributed by atoms with van der Waals surface area (Å²) >= 11 is 9.26. The molecule has 1 amide bonds. The van der Waals surface area contributed by atoms with Crippen molar-refractivity contribution in [2.24, 2.45) is 4.99 Å². The SMILES string of the molecule is O=C(NCCO)c1ccc2c(c1)N=C(c1ccc(Cl)s1)c1ccccc1S2. The van der Waals surface area contributed by atoms with E-state index in [0.717, 1.165) is 31.6 Å². The van der Waals surface area contributed by atoms with E-state index in [4.69, 9.17) is 21.7 Å². The summed E-state index contributed by atoms with van der Waals surface area (Å²) in [6.07, 6.45) is 0. The minimum Gasteiger partial charge on any atom is -0.395 e. The van der Waals surface area contributed by atoms with Crippen LogP contribution in [0.5, 0.6) is 0 Å². The Morgan fingerprint density at radius 2 is 1.96 bits per heavy atom. The van der Waals surface area contributed by atoms with E-state index in [1.54, 1.807) is 23.9 Å². The first kappa shape index (κ1) is 18.3. The molecule has 0 fully saturated rings. The van der Waals surface area contributed by atoms with Crippen molar-refractivity contribution in [2.45, 2.75) is 9.79 Å². The third-order valence-corrected chi connectivity index (χ3v) is 6.40. The van der Waals surface area contributed by atoms with Crippen LogP contribution in [0.2, 0.25) is 4.34 Å². The fraction of sp³-hybridized carbons (Fsp3) is 0.100. The molecule has 0 bridgehead atoms. The Balaban J connectivity index is 1.83. The molecule has 4 nitrogen and oxygen atoms in total. The molecule has 0 radical (unpaired) electrons. The maximum atomic E-state index is 12.3. The zero-order valence-electron chi connectivity index (χ0n) is 14.1. The van der Waals surface area contributed by atoms with E-state index in [9.17, 15) is 4.79 Å². The molecule has 2 heterocycles. The molecule has 3 aromatic rings. The summed E-state index contributed by atoms with van der Waals surface area (Å²) < 4.78 is 0.708. The van der Waals surface area contributed by atoms with Gasteiger partial charge in [-0.15, -0.1) is 11.3 Å². The Morgan fingerprint density at radius 3 is 2.74 bits per heavy atom. The molecule has 1 aliphatic heterocycles. The number of carbonyl (C=O) groups excluding carboxylic acids is 1. The summed E-state index contributed by atoms with van der Waals surface area (Å²) in [5.41, 5.74) is 3.15. The number of halogens is 1. The second-order valence-corrected chi connectivity index (χ2v) is 8.62. The predicted molar refractivity (Wildman–Crippen MR) is 111 cm³/mol. The molecule has 4 rings (SSSR count). The fourth-order valence-corrected chi connectivity index (χ4v) is 4.83. The first-order valence-electron chi connectivity index (χ1n) is 8.30. The molecule has 136 valence electrons. The lowest BCUT2D eigenvalue weighted by Crippen LogP contribution is -2.26. The first-order chi connectivity index (χ1) is 13.2. The number of amides is 1. The molecule has 0 aliphatic carbocycles. The van der Waals surface area contributed by atoms with Crippen LogP contribution in [0.3, 0.4) is 0 Å². The first-order valence-corrected chi connectivity index (χ1v) is 10.3. The monoisotopic (exact) mass is 414 g/mol. The Kier molecular flexibility index (Phi) is 5.31. The number of hydrogen-bond acceptors (Lipinski definition) is 5. The van der Waals surface area contributed by atoms with Gasteiger partial charge in [-0.1, -0.05) is 41.6 Å². The van der Waals surface area contributed by atoms with E-state index in [0.29, 0.717) is 9.90 Å². The second kappa shape index (κ2) is 7.86. The minimum atomic E-state index is -0.227. The zero-order chi connectivity index (χ0) is 18.8. The molecule has 2 N–H and O–H groups in total. The van der Waals surface area contributed by atoms with E-state index in [1.165, 1.54) is 11.3 Å². The third kappa shape index (κ3) is 3.80. The van der Waals surface area contributed by atoms with E-state index >= 15 is 0 Å². The molecule has 0 unspecified atom stereocenters. The Hall–Kier alpha value is -2.12. The van der Waals surface area contributed by atoms with E-state index < -0.39 is 0 Å². The normalized spacial score (nSPS) is 12.6. The molecular weight excluding hydrogens is 400 g/mol. The highest BCUT2D eigenvalue weighted by atomic mass is 35.5.